The third-order valence-corrected chi connectivity index (χ3v) is 5.78. The summed E-state index contributed by atoms with van der Waals surface area (Å²) in [7, 11) is 0. The summed E-state index contributed by atoms with van der Waals surface area (Å²) in [5.41, 5.74) is 0. The van der Waals surface area contributed by atoms with Gasteiger partial charge in [0.2, 0.25) is 11.8 Å². The molecule has 0 spiro atoms. The van der Waals surface area contributed by atoms with Gasteiger partial charge in [0, 0.05) is 19.0 Å². The standard InChI is InChI=1S/C18H31N3O3/c22-16(13-21-12-3-1-2-9-17(21)23)19-14-7-6-8-15(18(14)24)20-10-4-5-11-20/h14-15,18,24H,1-13H2,(H,19,22)/t14-,15-,18-/m1/s1. The molecule has 3 fully saturated rings. The second-order valence-corrected chi connectivity index (χ2v) is 7.53. The smallest absolute Gasteiger partial charge is 0.239 e. The van der Waals surface area contributed by atoms with Crippen molar-refractivity contribution in [2.24, 2.45) is 0 Å². The lowest BCUT2D eigenvalue weighted by Crippen LogP contribution is -2.57. The Morgan fingerprint density at radius 3 is 2.58 bits per heavy atom. The van der Waals surface area contributed by atoms with Crippen LogP contribution in [-0.2, 0) is 9.59 Å². The van der Waals surface area contributed by atoms with Crippen LogP contribution in [0.3, 0.4) is 0 Å². The summed E-state index contributed by atoms with van der Waals surface area (Å²) < 4.78 is 0. The number of hydrogen-bond donors (Lipinski definition) is 2. The second kappa shape index (κ2) is 8.30. The molecule has 136 valence electrons. The summed E-state index contributed by atoms with van der Waals surface area (Å²) in [5.74, 6) is -0.0434. The van der Waals surface area contributed by atoms with Gasteiger partial charge < -0.3 is 15.3 Å². The first-order chi connectivity index (χ1) is 11.6. The fraction of sp³-hybridized carbons (Fsp3) is 0.889. The summed E-state index contributed by atoms with van der Waals surface area (Å²) in [4.78, 5) is 28.5. The number of aliphatic hydroxyl groups is 1. The Morgan fingerprint density at radius 2 is 1.79 bits per heavy atom. The highest BCUT2D eigenvalue weighted by Gasteiger charge is 2.37. The van der Waals surface area contributed by atoms with Crippen molar-refractivity contribution in [2.75, 3.05) is 26.2 Å². The molecule has 3 atom stereocenters. The average molecular weight is 337 g/mol. The van der Waals surface area contributed by atoms with Crippen molar-refractivity contribution < 1.29 is 14.7 Å². The Morgan fingerprint density at radius 1 is 1.04 bits per heavy atom. The van der Waals surface area contributed by atoms with Crippen molar-refractivity contribution >= 4 is 11.8 Å². The number of rotatable bonds is 4. The molecule has 0 unspecified atom stereocenters. The molecule has 3 aliphatic rings. The molecule has 3 rings (SSSR count). The van der Waals surface area contributed by atoms with Crippen LogP contribution in [0.5, 0.6) is 0 Å². The van der Waals surface area contributed by atoms with Crippen molar-refractivity contribution in [1.29, 1.82) is 0 Å². The van der Waals surface area contributed by atoms with Crippen LogP contribution >= 0.6 is 0 Å². The highest BCUT2D eigenvalue weighted by atomic mass is 16.3. The van der Waals surface area contributed by atoms with E-state index in [9.17, 15) is 14.7 Å². The van der Waals surface area contributed by atoms with Gasteiger partial charge in [0.25, 0.3) is 0 Å². The molecule has 0 aromatic carbocycles. The first-order valence-corrected chi connectivity index (χ1v) is 9.64. The molecule has 2 saturated heterocycles. The minimum absolute atomic E-state index is 0.0850. The highest BCUT2D eigenvalue weighted by molar-refractivity contribution is 5.85. The lowest BCUT2D eigenvalue weighted by Gasteiger charge is -2.40. The number of nitrogens with one attached hydrogen (secondary N) is 1. The van der Waals surface area contributed by atoms with E-state index in [0.29, 0.717) is 13.0 Å². The summed E-state index contributed by atoms with van der Waals surface area (Å²) in [5, 5.41) is 13.7. The zero-order chi connectivity index (χ0) is 16.9. The summed E-state index contributed by atoms with van der Waals surface area (Å²) >= 11 is 0. The molecule has 2 heterocycles. The fourth-order valence-corrected chi connectivity index (χ4v) is 4.42. The Kier molecular flexibility index (Phi) is 6.11. The monoisotopic (exact) mass is 337 g/mol. The van der Waals surface area contributed by atoms with Crippen molar-refractivity contribution in [2.45, 2.75) is 76.0 Å². The summed E-state index contributed by atoms with van der Waals surface area (Å²) in [6, 6.07) is -0.00898. The van der Waals surface area contributed by atoms with Crippen LogP contribution in [0.15, 0.2) is 0 Å². The lowest BCUT2D eigenvalue weighted by atomic mass is 9.87. The van der Waals surface area contributed by atoms with E-state index in [1.807, 2.05) is 0 Å². The first kappa shape index (κ1) is 17.7. The predicted octanol–water partition coefficient (Wildman–Crippen LogP) is 0.883. The molecule has 2 N–H and O–H groups in total. The molecule has 1 saturated carbocycles. The van der Waals surface area contributed by atoms with Crippen LogP contribution in [0.25, 0.3) is 0 Å². The van der Waals surface area contributed by atoms with Crippen LogP contribution in [0.2, 0.25) is 0 Å². The first-order valence-electron chi connectivity index (χ1n) is 9.64. The molecule has 6 heteroatoms. The van der Waals surface area contributed by atoms with E-state index < -0.39 is 6.10 Å². The average Bonchev–Trinajstić information content (AvgIpc) is 3.02. The zero-order valence-electron chi connectivity index (χ0n) is 14.6. The SMILES string of the molecule is O=C(CN1CCCCCC1=O)N[C@@H]1CCC[C@@H](N2CCCC2)[C@@H]1O. The molecule has 2 aliphatic heterocycles. The third kappa shape index (κ3) is 4.28. The van der Waals surface area contributed by atoms with Crippen LogP contribution in [0.4, 0.5) is 0 Å². The van der Waals surface area contributed by atoms with Crippen molar-refractivity contribution in [3.8, 4) is 0 Å². The zero-order valence-corrected chi connectivity index (χ0v) is 14.6. The minimum atomic E-state index is -0.499. The topological polar surface area (TPSA) is 72.9 Å². The van der Waals surface area contributed by atoms with E-state index in [2.05, 4.69) is 10.2 Å². The van der Waals surface area contributed by atoms with Gasteiger partial charge >= 0.3 is 0 Å². The molecule has 0 aromatic rings. The Labute approximate surface area is 144 Å². The van der Waals surface area contributed by atoms with Crippen molar-refractivity contribution in [3.63, 3.8) is 0 Å². The van der Waals surface area contributed by atoms with Gasteiger partial charge in [0.1, 0.15) is 0 Å². The van der Waals surface area contributed by atoms with E-state index in [1.54, 1.807) is 4.90 Å². The van der Waals surface area contributed by atoms with Crippen LogP contribution in [0, 0.1) is 0 Å². The second-order valence-electron chi connectivity index (χ2n) is 7.53. The van der Waals surface area contributed by atoms with E-state index in [-0.39, 0.29) is 30.4 Å². The van der Waals surface area contributed by atoms with E-state index in [0.717, 1.165) is 51.6 Å². The number of amides is 2. The van der Waals surface area contributed by atoms with Crippen LogP contribution < -0.4 is 5.32 Å². The van der Waals surface area contributed by atoms with Gasteiger partial charge in [0.05, 0.1) is 18.7 Å². The molecule has 0 radical (unpaired) electrons. The number of nitrogens with zero attached hydrogens (tertiary/aromatic N) is 2. The van der Waals surface area contributed by atoms with Gasteiger partial charge in [-0.3, -0.25) is 14.5 Å². The van der Waals surface area contributed by atoms with Crippen LogP contribution in [-0.4, -0.2) is 71.1 Å². The van der Waals surface area contributed by atoms with E-state index in [1.165, 1.54) is 12.8 Å². The minimum Gasteiger partial charge on any atom is -0.389 e. The largest absolute Gasteiger partial charge is 0.389 e. The molecule has 6 nitrogen and oxygen atoms in total. The number of aliphatic hydroxyl groups excluding tert-OH is 1. The van der Waals surface area contributed by atoms with E-state index in [4.69, 9.17) is 0 Å². The fourth-order valence-electron chi connectivity index (χ4n) is 4.42. The molecule has 0 aromatic heterocycles. The quantitative estimate of drug-likeness (QED) is 0.799. The normalized spacial score (nSPS) is 32.6. The maximum Gasteiger partial charge on any atom is 0.239 e. The number of carbonyl (C=O) groups excluding carboxylic acids is 2. The maximum absolute atomic E-state index is 12.4. The van der Waals surface area contributed by atoms with Gasteiger partial charge in [-0.2, -0.15) is 0 Å². The Hall–Kier alpha value is -1.14. The molecule has 1 aliphatic carbocycles. The Balaban J connectivity index is 1.52. The highest BCUT2D eigenvalue weighted by Crippen LogP contribution is 2.26. The van der Waals surface area contributed by atoms with Gasteiger partial charge in [-0.15, -0.1) is 0 Å². The third-order valence-electron chi connectivity index (χ3n) is 5.78. The lowest BCUT2D eigenvalue weighted by molar-refractivity contribution is -0.136. The number of likely N-dealkylation sites (tertiary alicyclic amines) is 2. The molecule has 0 bridgehead atoms. The van der Waals surface area contributed by atoms with Gasteiger partial charge in [0.15, 0.2) is 0 Å². The summed E-state index contributed by atoms with van der Waals surface area (Å²) in [6.45, 7) is 2.93. The molecular weight excluding hydrogens is 306 g/mol. The van der Waals surface area contributed by atoms with Gasteiger partial charge in [-0.1, -0.05) is 6.42 Å². The maximum atomic E-state index is 12.4. The Bertz CT molecular complexity index is 451. The van der Waals surface area contributed by atoms with Gasteiger partial charge in [-0.05, 0) is 58.0 Å². The summed E-state index contributed by atoms with van der Waals surface area (Å²) in [6.07, 6.45) is 8.29. The molecular formula is C18H31N3O3. The predicted molar refractivity (Wildman–Crippen MR) is 91.4 cm³/mol. The van der Waals surface area contributed by atoms with Crippen molar-refractivity contribution in [3.05, 3.63) is 0 Å². The van der Waals surface area contributed by atoms with Crippen molar-refractivity contribution in [1.82, 2.24) is 15.1 Å². The van der Waals surface area contributed by atoms with E-state index >= 15 is 0 Å². The number of hydrogen-bond acceptors (Lipinski definition) is 4. The molecule has 24 heavy (non-hydrogen) atoms. The van der Waals surface area contributed by atoms with Gasteiger partial charge in [-0.25, -0.2) is 0 Å². The molecule has 2 amide bonds. The number of carbonyl (C=O) groups is 2. The van der Waals surface area contributed by atoms with Crippen LogP contribution in [0.1, 0.15) is 57.8 Å².